The number of hydrogen-bond donors (Lipinski definition) is 2. The molecule has 0 saturated heterocycles. The van der Waals surface area contributed by atoms with Crippen molar-refractivity contribution in [3.05, 3.63) is 34.4 Å². The Morgan fingerprint density at radius 2 is 2.11 bits per heavy atom. The van der Waals surface area contributed by atoms with E-state index in [4.69, 9.17) is 12.2 Å². The standard InChI is InChI=1S/C12H15N3O3S/c1-2-3-8-11(16)14-12(19)13-9-6-4-5-7-10(9)15(17)18/h4-7H,2-3,8H2,1H3,(H2,13,14,16,19). The molecule has 0 radical (unpaired) electrons. The third kappa shape index (κ3) is 5.01. The lowest BCUT2D eigenvalue weighted by Gasteiger charge is -2.09. The van der Waals surface area contributed by atoms with Gasteiger partial charge in [-0.2, -0.15) is 0 Å². The van der Waals surface area contributed by atoms with E-state index in [9.17, 15) is 14.9 Å². The first-order chi connectivity index (χ1) is 9.04. The van der Waals surface area contributed by atoms with Crippen molar-refractivity contribution in [3.63, 3.8) is 0 Å². The van der Waals surface area contributed by atoms with Crippen molar-refractivity contribution in [2.45, 2.75) is 26.2 Å². The predicted molar refractivity (Wildman–Crippen MR) is 77.0 cm³/mol. The maximum absolute atomic E-state index is 11.4. The molecule has 1 aromatic rings. The van der Waals surface area contributed by atoms with Crippen molar-refractivity contribution in [2.75, 3.05) is 5.32 Å². The monoisotopic (exact) mass is 281 g/mol. The second-order valence-electron chi connectivity index (χ2n) is 3.88. The van der Waals surface area contributed by atoms with Crippen LogP contribution < -0.4 is 10.6 Å². The molecule has 1 aromatic carbocycles. The molecule has 0 bridgehead atoms. The first-order valence-electron chi connectivity index (χ1n) is 5.89. The van der Waals surface area contributed by atoms with Gasteiger partial charge in [-0.1, -0.05) is 25.5 Å². The predicted octanol–water partition coefficient (Wildman–Crippen LogP) is 2.60. The smallest absolute Gasteiger partial charge is 0.292 e. The Morgan fingerprint density at radius 3 is 2.74 bits per heavy atom. The van der Waals surface area contributed by atoms with E-state index in [0.717, 1.165) is 12.8 Å². The van der Waals surface area contributed by atoms with E-state index >= 15 is 0 Å². The van der Waals surface area contributed by atoms with Crippen LogP contribution in [0.5, 0.6) is 0 Å². The third-order valence-corrected chi connectivity index (χ3v) is 2.56. The molecule has 0 heterocycles. The highest BCUT2D eigenvalue weighted by molar-refractivity contribution is 7.80. The highest BCUT2D eigenvalue weighted by Gasteiger charge is 2.13. The summed E-state index contributed by atoms with van der Waals surface area (Å²) in [5, 5.41) is 16.0. The van der Waals surface area contributed by atoms with E-state index in [1.165, 1.54) is 12.1 Å². The minimum Gasteiger partial charge on any atom is -0.327 e. The number of carbonyl (C=O) groups is 1. The number of thiocarbonyl (C=S) groups is 1. The summed E-state index contributed by atoms with van der Waals surface area (Å²) in [4.78, 5) is 21.7. The number of nitrogens with one attached hydrogen (secondary N) is 2. The molecule has 19 heavy (non-hydrogen) atoms. The minimum atomic E-state index is -0.510. The summed E-state index contributed by atoms with van der Waals surface area (Å²) >= 11 is 4.94. The molecule has 1 amide bonds. The molecule has 0 unspecified atom stereocenters. The molecule has 0 saturated carbocycles. The molecule has 0 spiro atoms. The quantitative estimate of drug-likeness (QED) is 0.492. The molecule has 2 N–H and O–H groups in total. The van der Waals surface area contributed by atoms with Gasteiger partial charge < -0.3 is 10.6 Å². The minimum absolute atomic E-state index is 0.0652. The van der Waals surface area contributed by atoms with Gasteiger partial charge in [-0.15, -0.1) is 0 Å². The number of carbonyl (C=O) groups excluding carboxylic acids is 1. The number of para-hydroxylation sites is 2. The van der Waals surface area contributed by atoms with Gasteiger partial charge in [0.25, 0.3) is 5.69 Å². The lowest BCUT2D eigenvalue weighted by molar-refractivity contribution is -0.383. The number of rotatable bonds is 5. The van der Waals surface area contributed by atoms with Crippen LogP contribution in [0.2, 0.25) is 0 Å². The first-order valence-corrected chi connectivity index (χ1v) is 6.29. The van der Waals surface area contributed by atoms with Gasteiger partial charge >= 0.3 is 0 Å². The number of amides is 1. The fourth-order valence-corrected chi connectivity index (χ4v) is 1.64. The van der Waals surface area contributed by atoms with Gasteiger partial charge in [0.1, 0.15) is 5.69 Å². The second-order valence-corrected chi connectivity index (χ2v) is 4.29. The number of nitro benzene ring substituents is 1. The summed E-state index contributed by atoms with van der Waals surface area (Å²) in [5.74, 6) is -0.196. The number of anilines is 1. The van der Waals surface area contributed by atoms with E-state index < -0.39 is 4.92 Å². The Hall–Kier alpha value is -2.02. The Morgan fingerprint density at radius 1 is 1.42 bits per heavy atom. The first kappa shape index (κ1) is 15.0. The summed E-state index contributed by atoms with van der Waals surface area (Å²) in [6.45, 7) is 1.98. The van der Waals surface area contributed by atoms with Crippen molar-refractivity contribution in [2.24, 2.45) is 0 Å². The number of benzene rings is 1. The molecular formula is C12H15N3O3S. The molecule has 0 aromatic heterocycles. The molecule has 0 aliphatic rings. The molecule has 0 fully saturated rings. The largest absolute Gasteiger partial charge is 0.327 e. The SMILES string of the molecule is CCCCC(=O)NC(=S)Nc1ccccc1[N+](=O)[O-]. The van der Waals surface area contributed by atoms with Crippen LogP contribution in [0.4, 0.5) is 11.4 Å². The maximum atomic E-state index is 11.4. The Labute approximate surface area is 116 Å². The van der Waals surface area contributed by atoms with Gasteiger partial charge in [0.2, 0.25) is 5.91 Å². The van der Waals surface area contributed by atoms with Crippen LogP contribution >= 0.6 is 12.2 Å². The molecule has 0 atom stereocenters. The lowest BCUT2D eigenvalue weighted by Crippen LogP contribution is -2.34. The maximum Gasteiger partial charge on any atom is 0.292 e. The topological polar surface area (TPSA) is 84.3 Å². The summed E-state index contributed by atoms with van der Waals surface area (Å²) < 4.78 is 0. The Balaban J connectivity index is 2.62. The highest BCUT2D eigenvalue weighted by Crippen LogP contribution is 2.22. The normalized spacial score (nSPS) is 9.74. The molecule has 0 aliphatic carbocycles. The van der Waals surface area contributed by atoms with E-state index in [-0.39, 0.29) is 22.4 Å². The van der Waals surface area contributed by atoms with Crippen LogP contribution in [-0.2, 0) is 4.79 Å². The zero-order valence-electron chi connectivity index (χ0n) is 10.5. The van der Waals surface area contributed by atoms with Crippen molar-refractivity contribution in [3.8, 4) is 0 Å². The van der Waals surface area contributed by atoms with Crippen LogP contribution in [0, 0.1) is 10.1 Å². The Kier molecular flexibility index (Phi) is 5.87. The molecule has 102 valence electrons. The number of unbranched alkanes of at least 4 members (excludes halogenated alkanes) is 1. The number of nitrogens with zero attached hydrogens (tertiary/aromatic N) is 1. The van der Waals surface area contributed by atoms with Gasteiger partial charge in [-0.25, -0.2) is 0 Å². The van der Waals surface area contributed by atoms with Crippen molar-refractivity contribution >= 4 is 34.6 Å². The van der Waals surface area contributed by atoms with E-state index in [2.05, 4.69) is 10.6 Å². The molecule has 0 aliphatic heterocycles. The molecular weight excluding hydrogens is 266 g/mol. The van der Waals surface area contributed by atoms with Gasteiger partial charge in [-0.3, -0.25) is 14.9 Å². The summed E-state index contributed by atoms with van der Waals surface area (Å²) in [6.07, 6.45) is 2.08. The lowest BCUT2D eigenvalue weighted by atomic mass is 10.2. The van der Waals surface area contributed by atoms with Gasteiger partial charge in [0, 0.05) is 12.5 Å². The van der Waals surface area contributed by atoms with Crippen LogP contribution in [0.25, 0.3) is 0 Å². The molecule has 6 nitrogen and oxygen atoms in total. The zero-order valence-corrected chi connectivity index (χ0v) is 11.3. The molecule has 1 rings (SSSR count). The summed E-state index contributed by atoms with van der Waals surface area (Å²) in [5.41, 5.74) is 0.168. The van der Waals surface area contributed by atoms with E-state index in [0.29, 0.717) is 6.42 Å². The fraction of sp³-hybridized carbons (Fsp3) is 0.333. The van der Waals surface area contributed by atoms with E-state index in [1.807, 2.05) is 6.92 Å². The third-order valence-electron chi connectivity index (χ3n) is 2.36. The van der Waals surface area contributed by atoms with Crippen LogP contribution in [0.1, 0.15) is 26.2 Å². The van der Waals surface area contributed by atoms with Gasteiger partial charge in [0.15, 0.2) is 5.11 Å². The van der Waals surface area contributed by atoms with Crippen molar-refractivity contribution in [1.82, 2.24) is 5.32 Å². The van der Waals surface area contributed by atoms with Crippen molar-refractivity contribution in [1.29, 1.82) is 0 Å². The Bertz CT molecular complexity index is 491. The average molecular weight is 281 g/mol. The van der Waals surface area contributed by atoms with Gasteiger partial charge in [0.05, 0.1) is 4.92 Å². The summed E-state index contributed by atoms with van der Waals surface area (Å²) in [6, 6.07) is 6.11. The average Bonchev–Trinajstić information content (AvgIpc) is 2.36. The highest BCUT2D eigenvalue weighted by atomic mass is 32.1. The molecule has 7 heteroatoms. The van der Waals surface area contributed by atoms with Crippen LogP contribution in [0.3, 0.4) is 0 Å². The van der Waals surface area contributed by atoms with E-state index in [1.54, 1.807) is 12.1 Å². The fourth-order valence-electron chi connectivity index (χ4n) is 1.42. The van der Waals surface area contributed by atoms with Crippen LogP contribution in [0.15, 0.2) is 24.3 Å². The number of nitro groups is 1. The van der Waals surface area contributed by atoms with Crippen LogP contribution in [-0.4, -0.2) is 15.9 Å². The number of hydrogen-bond acceptors (Lipinski definition) is 4. The summed E-state index contributed by atoms with van der Waals surface area (Å²) in [7, 11) is 0. The van der Waals surface area contributed by atoms with Gasteiger partial charge in [-0.05, 0) is 24.7 Å². The second kappa shape index (κ2) is 7.42. The zero-order chi connectivity index (χ0) is 14.3. The van der Waals surface area contributed by atoms with Crippen molar-refractivity contribution < 1.29 is 9.72 Å².